The molecule has 7 nitrogen and oxygen atoms in total. The van der Waals surface area contributed by atoms with Gasteiger partial charge in [-0.1, -0.05) is 6.07 Å². The molecule has 3 amide bonds. The van der Waals surface area contributed by atoms with E-state index in [-0.39, 0.29) is 18.0 Å². The van der Waals surface area contributed by atoms with Crippen LogP contribution in [0.3, 0.4) is 0 Å². The predicted octanol–water partition coefficient (Wildman–Crippen LogP) is 0.999. The molecule has 21 heavy (non-hydrogen) atoms. The first-order valence-corrected chi connectivity index (χ1v) is 6.52. The van der Waals surface area contributed by atoms with Crippen molar-refractivity contribution >= 4 is 23.6 Å². The number of anilines is 1. The highest BCUT2D eigenvalue weighted by Crippen LogP contribution is 2.16. The first-order chi connectivity index (χ1) is 9.88. The molecule has 1 aromatic rings. The van der Waals surface area contributed by atoms with Crippen molar-refractivity contribution < 1.29 is 19.5 Å². The third-order valence-electron chi connectivity index (χ3n) is 3.46. The number of piperazine rings is 1. The van der Waals surface area contributed by atoms with Gasteiger partial charge in [-0.05, 0) is 24.6 Å². The van der Waals surface area contributed by atoms with Gasteiger partial charge in [0.25, 0.3) is 0 Å². The summed E-state index contributed by atoms with van der Waals surface area (Å²) >= 11 is 0. The van der Waals surface area contributed by atoms with E-state index in [1.807, 2.05) is 0 Å². The molecule has 1 saturated heterocycles. The minimum atomic E-state index is -1.04. The maximum atomic E-state index is 12.1. The Bertz CT molecular complexity index is 600. The van der Waals surface area contributed by atoms with Gasteiger partial charge in [-0.15, -0.1) is 0 Å². The molecule has 1 aliphatic rings. The van der Waals surface area contributed by atoms with E-state index in [1.165, 1.54) is 11.0 Å². The number of urea groups is 1. The summed E-state index contributed by atoms with van der Waals surface area (Å²) in [6.07, 6.45) is 0. The van der Waals surface area contributed by atoms with E-state index in [9.17, 15) is 14.4 Å². The Morgan fingerprint density at radius 1 is 1.29 bits per heavy atom. The number of likely N-dealkylation sites (N-methyl/N-ethyl adjacent to an activating group) is 1. The molecular formula is C14H17N3O4. The zero-order valence-corrected chi connectivity index (χ0v) is 11.9. The lowest BCUT2D eigenvalue weighted by atomic mass is 10.1. The summed E-state index contributed by atoms with van der Waals surface area (Å²) in [6.45, 7) is 2.65. The van der Waals surface area contributed by atoms with Crippen LogP contribution in [0, 0.1) is 6.92 Å². The van der Waals surface area contributed by atoms with Crippen LogP contribution in [0.25, 0.3) is 0 Å². The molecule has 0 saturated carbocycles. The van der Waals surface area contributed by atoms with Crippen LogP contribution in [-0.4, -0.2) is 59.5 Å². The van der Waals surface area contributed by atoms with Gasteiger partial charge in [-0.3, -0.25) is 4.79 Å². The number of aryl methyl sites for hydroxylation is 1. The number of carbonyl (C=O) groups excluding carboxylic acids is 2. The molecule has 2 rings (SSSR count). The van der Waals surface area contributed by atoms with Crippen LogP contribution < -0.4 is 5.32 Å². The summed E-state index contributed by atoms with van der Waals surface area (Å²) in [4.78, 5) is 37.7. The third-order valence-corrected chi connectivity index (χ3v) is 3.46. The van der Waals surface area contributed by atoms with E-state index in [4.69, 9.17) is 5.11 Å². The quantitative estimate of drug-likeness (QED) is 0.850. The van der Waals surface area contributed by atoms with Crippen molar-refractivity contribution in [2.24, 2.45) is 0 Å². The molecule has 0 aliphatic carbocycles. The number of nitrogens with zero attached hydrogens (tertiary/aromatic N) is 2. The van der Waals surface area contributed by atoms with Crippen molar-refractivity contribution in [3.63, 3.8) is 0 Å². The minimum absolute atomic E-state index is 0.0278. The number of hydrogen-bond acceptors (Lipinski definition) is 3. The standard InChI is InChI=1S/C14H17N3O4/c1-9-3-4-10(7-11(9)13(19)20)15-14(21)17-6-5-16(2)12(18)8-17/h3-4,7H,5-6,8H2,1-2H3,(H,15,21)(H,19,20). The zero-order chi connectivity index (χ0) is 15.6. The van der Waals surface area contributed by atoms with Crippen LogP contribution in [0.4, 0.5) is 10.5 Å². The minimum Gasteiger partial charge on any atom is -0.478 e. The van der Waals surface area contributed by atoms with Crippen molar-refractivity contribution in [2.45, 2.75) is 6.92 Å². The van der Waals surface area contributed by atoms with Gasteiger partial charge < -0.3 is 20.2 Å². The van der Waals surface area contributed by atoms with E-state index >= 15 is 0 Å². The van der Waals surface area contributed by atoms with Crippen LogP contribution in [0.5, 0.6) is 0 Å². The molecule has 2 N–H and O–H groups in total. The maximum absolute atomic E-state index is 12.1. The monoisotopic (exact) mass is 291 g/mol. The number of amides is 3. The Morgan fingerprint density at radius 3 is 2.62 bits per heavy atom. The second-order valence-electron chi connectivity index (χ2n) is 5.00. The fourth-order valence-electron chi connectivity index (χ4n) is 2.06. The second-order valence-corrected chi connectivity index (χ2v) is 5.00. The Hall–Kier alpha value is -2.57. The van der Waals surface area contributed by atoms with Gasteiger partial charge in [0, 0.05) is 25.8 Å². The Morgan fingerprint density at radius 2 is 2.00 bits per heavy atom. The lowest BCUT2D eigenvalue weighted by Gasteiger charge is -2.31. The van der Waals surface area contributed by atoms with Gasteiger partial charge >= 0.3 is 12.0 Å². The van der Waals surface area contributed by atoms with Crippen LogP contribution in [-0.2, 0) is 4.79 Å². The van der Waals surface area contributed by atoms with Gasteiger partial charge in [-0.2, -0.15) is 0 Å². The van der Waals surface area contributed by atoms with E-state index in [2.05, 4.69) is 5.32 Å². The largest absolute Gasteiger partial charge is 0.478 e. The molecule has 0 bridgehead atoms. The highest BCUT2D eigenvalue weighted by Gasteiger charge is 2.24. The van der Waals surface area contributed by atoms with Crippen molar-refractivity contribution in [1.29, 1.82) is 0 Å². The van der Waals surface area contributed by atoms with Crippen molar-refractivity contribution in [3.8, 4) is 0 Å². The van der Waals surface area contributed by atoms with Gasteiger partial charge in [0.05, 0.1) is 5.56 Å². The molecule has 1 aromatic carbocycles. The molecular weight excluding hydrogens is 274 g/mol. The molecule has 0 aromatic heterocycles. The number of benzene rings is 1. The number of rotatable bonds is 2. The van der Waals surface area contributed by atoms with E-state index in [1.54, 1.807) is 31.0 Å². The number of nitrogens with one attached hydrogen (secondary N) is 1. The average molecular weight is 291 g/mol. The van der Waals surface area contributed by atoms with Gasteiger partial charge in [0.1, 0.15) is 6.54 Å². The molecule has 0 atom stereocenters. The molecule has 0 spiro atoms. The molecule has 1 fully saturated rings. The number of carboxylic acid groups (broad SMARTS) is 1. The molecule has 0 unspecified atom stereocenters. The van der Waals surface area contributed by atoms with Crippen LogP contribution in [0.15, 0.2) is 18.2 Å². The third kappa shape index (κ3) is 3.31. The normalized spacial score (nSPS) is 15.0. The molecule has 112 valence electrons. The van der Waals surface area contributed by atoms with Crippen molar-refractivity contribution in [3.05, 3.63) is 29.3 Å². The zero-order valence-electron chi connectivity index (χ0n) is 11.9. The first kappa shape index (κ1) is 14.8. The molecule has 1 aliphatic heterocycles. The van der Waals surface area contributed by atoms with Crippen molar-refractivity contribution in [2.75, 3.05) is 32.0 Å². The lowest BCUT2D eigenvalue weighted by molar-refractivity contribution is -0.133. The SMILES string of the molecule is Cc1ccc(NC(=O)N2CCN(C)C(=O)C2)cc1C(=O)O. The Labute approximate surface area is 122 Å². The predicted molar refractivity (Wildman–Crippen MR) is 76.4 cm³/mol. The molecule has 7 heteroatoms. The van der Waals surface area contributed by atoms with E-state index < -0.39 is 12.0 Å². The van der Waals surface area contributed by atoms with Gasteiger partial charge in [0.15, 0.2) is 0 Å². The van der Waals surface area contributed by atoms with Crippen LogP contribution in [0.1, 0.15) is 15.9 Å². The maximum Gasteiger partial charge on any atom is 0.336 e. The Kier molecular flexibility index (Phi) is 4.11. The van der Waals surface area contributed by atoms with E-state index in [0.29, 0.717) is 24.3 Å². The summed E-state index contributed by atoms with van der Waals surface area (Å²) < 4.78 is 0. The average Bonchev–Trinajstić information content (AvgIpc) is 2.43. The van der Waals surface area contributed by atoms with Crippen LogP contribution in [0.2, 0.25) is 0 Å². The fraction of sp³-hybridized carbons (Fsp3) is 0.357. The first-order valence-electron chi connectivity index (χ1n) is 6.52. The fourth-order valence-corrected chi connectivity index (χ4v) is 2.06. The number of hydrogen-bond donors (Lipinski definition) is 2. The smallest absolute Gasteiger partial charge is 0.336 e. The second kappa shape index (κ2) is 5.82. The molecule has 1 heterocycles. The molecule has 0 radical (unpaired) electrons. The van der Waals surface area contributed by atoms with E-state index in [0.717, 1.165) is 0 Å². The lowest BCUT2D eigenvalue weighted by Crippen LogP contribution is -2.51. The number of aromatic carboxylic acids is 1. The summed E-state index contributed by atoms with van der Waals surface area (Å²) in [6, 6.07) is 4.27. The Balaban J connectivity index is 2.08. The summed E-state index contributed by atoms with van der Waals surface area (Å²) in [5, 5.41) is 11.7. The van der Waals surface area contributed by atoms with Gasteiger partial charge in [0.2, 0.25) is 5.91 Å². The summed E-state index contributed by atoms with van der Waals surface area (Å²) in [5.41, 5.74) is 1.16. The topological polar surface area (TPSA) is 90.0 Å². The van der Waals surface area contributed by atoms with Gasteiger partial charge in [-0.25, -0.2) is 9.59 Å². The number of carboxylic acids is 1. The number of carbonyl (C=O) groups is 3. The highest BCUT2D eigenvalue weighted by molar-refractivity contribution is 5.95. The summed E-state index contributed by atoms with van der Waals surface area (Å²) in [7, 11) is 1.69. The highest BCUT2D eigenvalue weighted by atomic mass is 16.4. The van der Waals surface area contributed by atoms with Crippen LogP contribution >= 0.6 is 0 Å². The van der Waals surface area contributed by atoms with Crippen molar-refractivity contribution in [1.82, 2.24) is 9.80 Å². The summed E-state index contributed by atoms with van der Waals surface area (Å²) in [5.74, 6) is -1.16.